The molecule has 0 bridgehead atoms. The Morgan fingerprint density at radius 3 is 2.63 bits per heavy atom. The summed E-state index contributed by atoms with van der Waals surface area (Å²) in [6, 6.07) is 1.04. The molecule has 1 aliphatic heterocycles. The molecule has 0 spiro atoms. The Balaban J connectivity index is 0.00000133. The van der Waals surface area contributed by atoms with E-state index in [0.29, 0.717) is 5.82 Å². The van der Waals surface area contributed by atoms with Crippen LogP contribution in [-0.4, -0.2) is 32.6 Å². The van der Waals surface area contributed by atoms with Crippen LogP contribution in [-0.2, 0) is 0 Å². The fourth-order valence-electron chi connectivity index (χ4n) is 1.77. The van der Waals surface area contributed by atoms with Crippen molar-refractivity contribution in [2.75, 3.05) is 6.54 Å². The molecule has 1 aliphatic rings. The van der Waals surface area contributed by atoms with Gasteiger partial charge in [0.05, 0.1) is 12.6 Å². The van der Waals surface area contributed by atoms with E-state index in [0.717, 1.165) is 0 Å². The first-order valence-electron chi connectivity index (χ1n) is 5.36. The van der Waals surface area contributed by atoms with Gasteiger partial charge in [0.25, 0.3) is 5.92 Å². The molecule has 1 N–H and O–H groups in total. The zero-order chi connectivity index (χ0) is 12.6. The van der Waals surface area contributed by atoms with Crippen molar-refractivity contribution in [3.63, 3.8) is 0 Å². The third kappa shape index (κ3) is 2.85. The quantitative estimate of drug-likeness (QED) is 0.905. The first-order chi connectivity index (χ1) is 8.64. The third-order valence-corrected chi connectivity index (χ3v) is 2.62. The number of halogens is 3. The minimum absolute atomic E-state index is 0. The van der Waals surface area contributed by atoms with E-state index in [4.69, 9.17) is 4.52 Å². The van der Waals surface area contributed by atoms with Gasteiger partial charge in [0, 0.05) is 18.8 Å². The summed E-state index contributed by atoms with van der Waals surface area (Å²) in [6.45, 7) is -0.378. The zero-order valence-electron chi connectivity index (χ0n) is 9.58. The van der Waals surface area contributed by atoms with Crippen LogP contribution in [0, 0.1) is 0 Å². The Labute approximate surface area is 113 Å². The molecule has 0 aromatic carbocycles. The Hall–Kier alpha value is -1.67. The van der Waals surface area contributed by atoms with Crippen molar-refractivity contribution >= 4 is 12.4 Å². The molecule has 2 aromatic heterocycles. The predicted octanol–water partition coefficient (Wildman–Crippen LogP) is 1.62. The molecule has 0 amide bonds. The second kappa shape index (κ2) is 5.14. The highest BCUT2D eigenvalue weighted by Crippen LogP contribution is 2.33. The van der Waals surface area contributed by atoms with Crippen LogP contribution in [0.25, 0.3) is 11.6 Å². The largest absolute Gasteiger partial charge is 0.337 e. The van der Waals surface area contributed by atoms with Gasteiger partial charge in [0.2, 0.25) is 17.5 Å². The first kappa shape index (κ1) is 13.8. The lowest BCUT2D eigenvalue weighted by Gasteiger charge is -2.04. The van der Waals surface area contributed by atoms with Crippen LogP contribution < -0.4 is 5.32 Å². The molecule has 6 nitrogen and oxygen atoms in total. The fraction of sp³-hybridized carbons (Fsp3) is 0.400. The molecule has 102 valence electrons. The lowest BCUT2D eigenvalue weighted by molar-refractivity contribution is 0.0200. The standard InChI is InChI=1S/C10H9F2N5O.ClH/c11-10(12)4-6(15-5-10)9-16-8(17-18-9)7-13-2-1-3-14-7;/h1-3,6,15H,4-5H2;1H. The molecular weight excluding hydrogens is 280 g/mol. The monoisotopic (exact) mass is 289 g/mol. The summed E-state index contributed by atoms with van der Waals surface area (Å²) in [6.07, 6.45) is 2.74. The Kier molecular flexibility index (Phi) is 3.72. The van der Waals surface area contributed by atoms with E-state index in [-0.39, 0.29) is 37.1 Å². The van der Waals surface area contributed by atoms with Crippen molar-refractivity contribution in [1.29, 1.82) is 0 Å². The van der Waals surface area contributed by atoms with Gasteiger partial charge < -0.3 is 4.52 Å². The molecule has 1 fully saturated rings. The van der Waals surface area contributed by atoms with Crippen LogP contribution in [0.2, 0.25) is 0 Å². The number of nitrogens with zero attached hydrogens (tertiary/aromatic N) is 4. The van der Waals surface area contributed by atoms with Crippen LogP contribution >= 0.6 is 12.4 Å². The summed E-state index contributed by atoms with van der Waals surface area (Å²) in [7, 11) is 0. The molecule has 0 saturated carbocycles. The smallest absolute Gasteiger partial charge is 0.262 e. The van der Waals surface area contributed by atoms with Crippen LogP contribution in [0.1, 0.15) is 18.4 Å². The summed E-state index contributed by atoms with van der Waals surface area (Å²) >= 11 is 0. The van der Waals surface area contributed by atoms with Crippen LogP contribution in [0.4, 0.5) is 8.78 Å². The van der Waals surface area contributed by atoms with Gasteiger partial charge >= 0.3 is 0 Å². The van der Waals surface area contributed by atoms with E-state index in [1.165, 1.54) is 0 Å². The average molecular weight is 290 g/mol. The lowest BCUT2D eigenvalue weighted by atomic mass is 10.2. The van der Waals surface area contributed by atoms with Crippen molar-refractivity contribution < 1.29 is 13.3 Å². The second-order valence-electron chi connectivity index (χ2n) is 4.02. The number of aromatic nitrogens is 4. The molecular formula is C10H10ClF2N5O. The van der Waals surface area contributed by atoms with Crippen molar-refractivity contribution in [3.05, 3.63) is 24.4 Å². The highest BCUT2D eigenvalue weighted by Gasteiger charge is 2.42. The summed E-state index contributed by atoms with van der Waals surface area (Å²) in [5.41, 5.74) is 0. The number of hydrogen-bond donors (Lipinski definition) is 1. The minimum Gasteiger partial charge on any atom is -0.337 e. The second-order valence-corrected chi connectivity index (χ2v) is 4.02. The Bertz CT molecular complexity index is 550. The number of alkyl halides is 2. The maximum Gasteiger partial charge on any atom is 0.262 e. The van der Waals surface area contributed by atoms with Gasteiger partial charge in [0.15, 0.2) is 0 Å². The van der Waals surface area contributed by atoms with Crippen molar-refractivity contribution in [2.24, 2.45) is 0 Å². The molecule has 0 aliphatic carbocycles. The predicted molar refractivity (Wildman–Crippen MR) is 62.9 cm³/mol. The van der Waals surface area contributed by atoms with Gasteiger partial charge in [0.1, 0.15) is 0 Å². The van der Waals surface area contributed by atoms with Gasteiger partial charge in [-0.2, -0.15) is 4.98 Å². The van der Waals surface area contributed by atoms with E-state index in [2.05, 4.69) is 25.4 Å². The normalized spacial score (nSPS) is 21.1. The van der Waals surface area contributed by atoms with E-state index in [1.54, 1.807) is 18.5 Å². The molecule has 1 saturated heterocycles. The maximum absolute atomic E-state index is 13.0. The van der Waals surface area contributed by atoms with Gasteiger partial charge in [-0.1, -0.05) is 5.16 Å². The average Bonchev–Trinajstić information content (AvgIpc) is 2.96. The first-order valence-corrected chi connectivity index (χ1v) is 5.36. The molecule has 0 radical (unpaired) electrons. The van der Waals surface area contributed by atoms with Gasteiger partial charge in [-0.15, -0.1) is 12.4 Å². The van der Waals surface area contributed by atoms with Crippen LogP contribution in [0.5, 0.6) is 0 Å². The van der Waals surface area contributed by atoms with Crippen molar-refractivity contribution in [3.8, 4) is 11.6 Å². The van der Waals surface area contributed by atoms with E-state index < -0.39 is 12.0 Å². The molecule has 3 rings (SSSR count). The van der Waals surface area contributed by atoms with E-state index >= 15 is 0 Å². The van der Waals surface area contributed by atoms with Crippen molar-refractivity contribution in [2.45, 2.75) is 18.4 Å². The molecule has 9 heteroatoms. The van der Waals surface area contributed by atoms with Gasteiger partial charge in [-0.3, -0.25) is 5.32 Å². The number of nitrogens with one attached hydrogen (secondary N) is 1. The van der Waals surface area contributed by atoms with Crippen LogP contribution in [0.3, 0.4) is 0 Å². The van der Waals surface area contributed by atoms with Gasteiger partial charge in [-0.05, 0) is 6.07 Å². The van der Waals surface area contributed by atoms with Crippen LogP contribution in [0.15, 0.2) is 23.0 Å². The number of rotatable bonds is 2. The molecule has 2 aromatic rings. The third-order valence-electron chi connectivity index (χ3n) is 2.62. The zero-order valence-corrected chi connectivity index (χ0v) is 10.4. The summed E-state index contributed by atoms with van der Waals surface area (Å²) in [5.74, 6) is -2.10. The highest BCUT2D eigenvalue weighted by molar-refractivity contribution is 5.85. The van der Waals surface area contributed by atoms with Crippen molar-refractivity contribution in [1.82, 2.24) is 25.4 Å². The van der Waals surface area contributed by atoms with E-state index in [1.807, 2.05) is 0 Å². The van der Waals surface area contributed by atoms with E-state index in [9.17, 15) is 8.78 Å². The number of hydrogen-bond acceptors (Lipinski definition) is 6. The Morgan fingerprint density at radius 1 is 1.26 bits per heavy atom. The lowest BCUT2D eigenvalue weighted by Crippen LogP contribution is -2.19. The molecule has 1 atom stereocenters. The minimum atomic E-state index is -2.73. The Morgan fingerprint density at radius 2 is 2.00 bits per heavy atom. The topological polar surface area (TPSA) is 76.7 Å². The fourth-order valence-corrected chi connectivity index (χ4v) is 1.77. The molecule has 1 unspecified atom stereocenters. The summed E-state index contributed by atoms with van der Waals surface area (Å²) in [4.78, 5) is 11.9. The SMILES string of the molecule is Cl.FC1(F)CNC(c2nc(-c3ncccn3)no2)C1. The molecule has 19 heavy (non-hydrogen) atoms. The summed E-state index contributed by atoms with van der Waals surface area (Å²) < 4.78 is 31.0. The maximum atomic E-state index is 13.0. The summed E-state index contributed by atoms with van der Waals surface area (Å²) in [5, 5.41) is 6.32. The van der Waals surface area contributed by atoms with Gasteiger partial charge in [-0.25, -0.2) is 18.7 Å². The highest BCUT2D eigenvalue weighted by atomic mass is 35.5. The molecule has 3 heterocycles.